The first-order valence-corrected chi connectivity index (χ1v) is 6.40. The minimum atomic E-state index is -0.239. The van der Waals surface area contributed by atoms with E-state index >= 15 is 0 Å². The molecule has 0 aliphatic carbocycles. The molecule has 4 heteroatoms. The van der Waals surface area contributed by atoms with E-state index < -0.39 is 0 Å². The fourth-order valence-electron chi connectivity index (χ4n) is 1.89. The van der Waals surface area contributed by atoms with Crippen molar-refractivity contribution < 1.29 is 4.79 Å². The number of aryl methyl sites for hydroxylation is 2. The van der Waals surface area contributed by atoms with Gasteiger partial charge in [-0.05, 0) is 44.5 Å². The molecule has 0 saturated carbocycles. The topological polar surface area (TPSA) is 54.4 Å². The normalized spacial score (nSPS) is 11.2. The summed E-state index contributed by atoms with van der Waals surface area (Å²) in [5.41, 5.74) is 7.23. The number of amides is 1. The molecule has 2 rings (SSSR count). The average Bonchev–Trinajstić information content (AvgIpc) is 2.47. The van der Waals surface area contributed by atoms with Crippen LogP contribution in [-0.4, -0.2) is 16.6 Å². The molecule has 0 atom stereocenters. The maximum atomic E-state index is 11.9. The smallest absolute Gasteiger partial charge is 0.267 e. The van der Waals surface area contributed by atoms with Crippen molar-refractivity contribution >= 4 is 11.6 Å². The molecule has 0 unspecified atom stereocenters. The lowest BCUT2D eigenvalue weighted by Gasteiger charge is -2.07. The maximum Gasteiger partial charge on any atom is 0.271 e. The van der Waals surface area contributed by atoms with Crippen molar-refractivity contribution in [3.8, 4) is 0 Å². The molecule has 1 heterocycles. The monoisotopic (exact) mass is 267 g/mol. The lowest BCUT2D eigenvalue weighted by Crippen LogP contribution is -2.19. The minimum absolute atomic E-state index is 0.239. The van der Waals surface area contributed by atoms with Crippen molar-refractivity contribution in [2.75, 3.05) is 0 Å². The number of nitrogens with one attached hydrogen (secondary N) is 1. The van der Waals surface area contributed by atoms with Crippen molar-refractivity contribution in [3.05, 3.63) is 65.0 Å². The van der Waals surface area contributed by atoms with E-state index in [0.717, 1.165) is 16.8 Å². The van der Waals surface area contributed by atoms with E-state index in [9.17, 15) is 4.79 Å². The Morgan fingerprint density at radius 1 is 1.15 bits per heavy atom. The summed E-state index contributed by atoms with van der Waals surface area (Å²) in [6, 6.07) is 9.47. The standard InChI is InChI=1S/C16H17N3O/c1-11-4-5-12(2)15(10-11)13(3)18-19-16(20)14-6-8-17-9-7-14/h4-10H,1-3H3,(H,19,20)/b18-13+. The Labute approximate surface area is 118 Å². The number of rotatable bonds is 3. The third-order valence-electron chi connectivity index (χ3n) is 3.05. The first-order chi connectivity index (χ1) is 9.58. The third-order valence-corrected chi connectivity index (χ3v) is 3.05. The highest BCUT2D eigenvalue weighted by molar-refractivity contribution is 6.01. The Bertz CT molecular complexity index is 648. The molecule has 0 bridgehead atoms. The second-order valence-corrected chi connectivity index (χ2v) is 4.69. The van der Waals surface area contributed by atoms with Crippen LogP contribution in [0, 0.1) is 13.8 Å². The maximum absolute atomic E-state index is 11.9. The van der Waals surface area contributed by atoms with Crippen molar-refractivity contribution in [2.24, 2.45) is 5.10 Å². The van der Waals surface area contributed by atoms with Crippen LogP contribution in [0.3, 0.4) is 0 Å². The van der Waals surface area contributed by atoms with Crippen LogP contribution in [0.4, 0.5) is 0 Å². The molecule has 0 spiro atoms. The van der Waals surface area contributed by atoms with E-state index in [4.69, 9.17) is 0 Å². The zero-order valence-corrected chi connectivity index (χ0v) is 11.8. The molecule has 20 heavy (non-hydrogen) atoms. The molecule has 102 valence electrons. The summed E-state index contributed by atoms with van der Waals surface area (Å²) in [4.78, 5) is 15.8. The summed E-state index contributed by atoms with van der Waals surface area (Å²) in [7, 11) is 0. The van der Waals surface area contributed by atoms with Gasteiger partial charge in [-0.15, -0.1) is 0 Å². The van der Waals surface area contributed by atoms with E-state index in [1.165, 1.54) is 5.56 Å². The number of hydrogen-bond donors (Lipinski definition) is 1. The molecule has 1 N–H and O–H groups in total. The lowest BCUT2D eigenvalue weighted by molar-refractivity contribution is 0.0954. The van der Waals surface area contributed by atoms with E-state index in [-0.39, 0.29) is 5.91 Å². The van der Waals surface area contributed by atoms with E-state index in [2.05, 4.69) is 27.6 Å². The zero-order valence-electron chi connectivity index (χ0n) is 11.8. The highest BCUT2D eigenvalue weighted by atomic mass is 16.2. The Morgan fingerprint density at radius 2 is 1.85 bits per heavy atom. The summed E-state index contributed by atoms with van der Waals surface area (Å²) in [6.45, 7) is 5.94. The number of pyridine rings is 1. The van der Waals surface area contributed by atoms with E-state index in [1.807, 2.05) is 26.8 Å². The highest BCUT2D eigenvalue weighted by Gasteiger charge is 2.05. The fourth-order valence-corrected chi connectivity index (χ4v) is 1.89. The first-order valence-electron chi connectivity index (χ1n) is 6.40. The summed E-state index contributed by atoms with van der Waals surface area (Å²) in [6.07, 6.45) is 3.16. The molecule has 0 aliphatic heterocycles. The van der Waals surface area contributed by atoms with Crippen LogP contribution in [0.5, 0.6) is 0 Å². The van der Waals surface area contributed by atoms with Crippen LogP contribution >= 0.6 is 0 Å². The molecule has 1 aromatic carbocycles. The number of nitrogens with zero attached hydrogens (tertiary/aromatic N) is 2. The van der Waals surface area contributed by atoms with Crippen molar-refractivity contribution in [3.63, 3.8) is 0 Å². The first kappa shape index (κ1) is 13.9. The molecule has 0 fully saturated rings. The number of carbonyl (C=O) groups excluding carboxylic acids is 1. The van der Waals surface area contributed by atoms with Crippen LogP contribution in [0.15, 0.2) is 47.8 Å². The van der Waals surface area contributed by atoms with Gasteiger partial charge in [0.25, 0.3) is 5.91 Å². The quantitative estimate of drug-likeness (QED) is 0.686. The van der Waals surface area contributed by atoms with Gasteiger partial charge in [-0.25, -0.2) is 5.43 Å². The van der Waals surface area contributed by atoms with Crippen molar-refractivity contribution in [2.45, 2.75) is 20.8 Å². The predicted molar refractivity (Wildman–Crippen MR) is 79.8 cm³/mol. The van der Waals surface area contributed by atoms with Crippen LogP contribution in [0.25, 0.3) is 0 Å². The minimum Gasteiger partial charge on any atom is -0.267 e. The van der Waals surface area contributed by atoms with Crippen LogP contribution < -0.4 is 5.43 Å². The summed E-state index contributed by atoms with van der Waals surface area (Å²) >= 11 is 0. The Morgan fingerprint density at radius 3 is 2.55 bits per heavy atom. The number of aromatic nitrogens is 1. The molecule has 2 aromatic rings. The Hall–Kier alpha value is -2.49. The van der Waals surface area contributed by atoms with Gasteiger partial charge in [0.15, 0.2) is 0 Å². The second kappa shape index (κ2) is 6.10. The lowest BCUT2D eigenvalue weighted by atomic mass is 10.0. The Balaban J connectivity index is 2.15. The SMILES string of the molecule is C/C(=N\NC(=O)c1ccncc1)c1cc(C)ccc1C. The molecular formula is C16H17N3O. The Kier molecular flexibility index (Phi) is 4.25. The number of carbonyl (C=O) groups is 1. The molecule has 0 radical (unpaired) electrons. The van der Waals surface area contributed by atoms with Crippen molar-refractivity contribution in [1.82, 2.24) is 10.4 Å². The van der Waals surface area contributed by atoms with Gasteiger partial charge in [0, 0.05) is 23.5 Å². The second-order valence-electron chi connectivity index (χ2n) is 4.69. The fraction of sp³-hybridized carbons (Fsp3) is 0.188. The summed E-state index contributed by atoms with van der Waals surface area (Å²) in [5, 5.41) is 4.17. The molecular weight excluding hydrogens is 250 g/mol. The van der Waals surface area contributed by atoms with Gasteiger partial charge in [0.2, 0.25) is 0 Å². The van der Waals surface area contributed by atoms with Crippen LogP contribution in [-0.2, 0) is 0 Å². The summed E-state index contributed by atoms with van der Waals surface area (Å²) < 4.78 is 0. The number of hydrogen-bond acceptors (Lipinski definition) is 3. The summed E-state index contributed by atoms with van der Waals surface area (Å²) in [5.74, 6) is -0.239. The van der Waals surface area contributed by atoms with Gasteiger partial charge < -0.3 is 0 Å². The third kappa shape index (κ3) is 3.29. The molecule has 0 aliphatic rings. The van der Waals surface area contributed by atoms with Gasteiger partial charge in [-0.2, -0.15) is 5.10 Å². The van der Waals surface area contributed by atoms with E-state index in [0.29, 0.717) is 5.56 Å². The molecule has 1 aromatic heterocycles. The van der Waals surface area contributed by atoms with E-state index in [1.54, 1.807) is 24.5 Å². The molecule has 0 saturated heterocycles. The van der Waals surface area contributed by atoms with Gasteiger partial charge in [-0.3, -0.25) is 9.78 Å². The largest absolute Gasteiger partial charge is 0.271 e. The average molecular weight is 267 g/mol. The van der Waals surface area contributed by atoms with Crippen LogP contribution in [0.1, 0.15) is 34.0 Å². The highest BCUT2D eigenvalue weighted by Crippen LogP contribution is 2.11. The number of benzene rings is 1. The van der Waals surface area contributed by atoms with Crippen molar-refractivity contribution in [1.29, 1.82) is 0 Å². The zero-order chi connectivity index (χ0) is 14.5. The van der Waals surface area contributed by atoms with Gasteiger partial charge in [-0.1, -0.05) is 17.7 Å². The molecule has 4 nitrogen and oxygen atoms in total. The van der Waals surface area contributed by atoms with Gasteiger partial charge in [0.05, 0.1) is 5.71 Å². The predicted octanol–water partition coefficient (Wildman–Crippen LogP) is 2.85. The van der Waals surface area contributed by atoms with Gasteiger partial charge >= 0.3 is 0 Å². The van der Waals surface area contributed by atoms with Crippen LogP contribution in [0.2, 0.25) is 0 Å². The van der Waals surface area contributed by atoms with Gasteiger partial charge in [0.1, 0.15) is 0 Å². The number of hydrazone groups is 1. The molecule has 1 amide bonds.